The Labute approximate surface area is 160 Å². The van der Waals surface area contributed by atoms with Crippen molar-refractivity contribution in [1.29, 1.82) is 0 Å². The molecular formula is C22H27NO4. The molecule has 5 heteroatoms. The van der Waals surface area contributed by atoms with Gasteiger partial charge < -0.3 is 14.8 Å². The van der Waals surface area contributed by atoms with Gasteiger partial charge in [0, 0.05) is 11.3 Å². The second-order valence-corrected chi connectivity index (χ2v) is 6.96. The lowest BCUT2D eigenvalue weighted by atomic mass is 9.92. The fourth-order valence-electron chi connectivity index (χ4n) is 2.78. The lowest BCUT2D eigenvalue weighted by Gasteiger charge is -2.20. The van der Waals surface area contributed by atoms with Crippen LogP contribution >= 0.6 is 0 Å². The van der Waals surface area contributed by atoms with Crippen molar-refractivity contribution in [3.05, 3.63) is 59.2 Å². The van der Waals surface area contributed by atoms with Crippen molar-refractivity contribution >= 4 is 17.6 Å². The standard InChI is InChI=1S/C22H27NO4/c1-14(2)18-7-6-8-19(15(3)4)21(18)23-22(25)16-9-11-17(12-10-16)27-13-20(24)26-5/h6-12,14-15H,13H2,1-5H3,(H,23,25). The number of carbonyl (C=O) groups excluding carboxylic acids is 2. The van der Waals surface area contributed by atoms with E-state index in [1.54, 1.807) is 24.3 Å². The number of para-hydroxylation sites is 1. The Morgan fingerprint density at radius 3 is 1.96 bits per heavy atom. The summed E-state index contributed by atoms with van der Waals surface area (Å²) in [6.07, 6.45) is 0. The number of benzene rings is 2. The van der Waals surface area contributed by atoms with Crippen LogP contribution in [0.2, 0.25) is 0 Å². The molecule has 0 heterocycles. The summed E-state index contributed by atoms with van der Waals surface area (Å²) in [7, 11) is 1.31. The van der Waals surface area contributed by atoms with Crippen LogP contribution in [0, 0.1) is 0 Å². The molecule has 2 aromatic rings. The first kappa shape index (κ1) is 20.5. The third-order valence-electron chi connectivity index (χ3n) is 4.31. The van der Waals surface area contributed by atoms with E-state index in [1.165, 1.54) is 7.11 Å². The zero-order valence-corrected chi connectivity index (χ0v) is 16.5. The molecule has 27 heavy (non-hydrogen) atoms. The number of carbonyl (C=O) groups is 2. The summed E-state index contributed by atoms with van der Waals surface area (Å²) in [6, 6.07) is 12.8. The lowest BCUT2D eigenvalue weighted by molar-refractivity contribution is -0.142. The van der Waals surface area contributed by atoms with Gasteiger partial charge in [0.25, 0.3) is 5.91 Å². The highest BCUT2D eigenvalue weighted by Crippen LogP contribution is 2.32. The van der Waals surface area contributed by atoms with Gasteiger partial charge in [-0.05, 0) is 47.2 Å². The van der Waals surface area contributed by atoms with Gasteiger partial charge in [-0.25, -0.2) is 4.79 Å². The number of anilines is 1. The summed E-state index contributed by atoms with van der Waals surface area (Å²) in [5.41, 5.74) is 3.65. The molecular weight excluding hydrogens is 342 g/mol. The molecule has 1 N–H and O–H groups in total. The van der Waals surface area contributed by atoms with E-state index in [0.717, 1.165) is 16.8 Å². The van der Waals surface area contributed by atoms with E-state index in [9.17, 15) is 9.59 Å². The van der Waals surface area contributed by atoms with Crippen molar-refractivity contribution in [2.45, 2.75) is 39.5 Å². The van der Waals surface area contributed by atoms with E-state index in [-0.39, 0.29) is 12.5 Å². The maximum Gasteiger partial charge on any atom is 0.343 e. The van der Waals surface area contributed by atoms with Crippen LogP contribution in [0.15, 0.2) is 42.5 Å². The van der Waals surface area contributed by atoms with Gasteiger partial charge in [0.1, 0.15) is 5.75 Å². The first-order valence-electron chi connectivity index (χ1n) is 9.07. The Kier molecular flexibility index (Phi) is 6.99. The topological polar surface area (TPSA) is 64.6 Å². The summed E-state index contributed by atoms with van der Waals surface area (Å²) in [4.78, 5) is 23.9. The van der Waals surface area contributed by atoms with E-state index in [4.69, 9.17) is 4.74 Å². The Morgan fingerprint density at radius 2 is 1.48 bits per heavy atom. The average molecular weight is 369 g/mol. The zero-order chi connectivity index (χ0) is 20.0. The predicted octanol–water partition coefficient (Wildman–Crippen LogP) is 4.74. The van der Waals surface area contributed by atoms with Gasteiger partial charge in [-0.15, -0.1) is 0 Å². The van der Waals surface area contributed by atoms with E-state index in [0.29, 0.717) is 23.1 Å². The van der Waals surface area contributed by atoms with Crippen molar-refractivity contribution in [1.82, 2.24) is 0 Å². The number of hydrogen-bond donors (Lipinski definition) is 1. The second-order valence-electron chi connectivity index (χ2n) is 6.96. The van der Waals surface area contributed by atoms with Gasteiger partial charge in [0.05, 0.1) is 7.11 Å². The molecule has 0 saturated heterocycles. The minimum Gasteiger partial charge on any atom is -0.482 e. The first-order valence-corrected chi connectivity index (χ1v) is 9.07. The molecule has 1 amide bonds. The molecule has 5 nitrogen and oxygen atoms in total. The molecule has 2 aromatic carbocycles. The lowest BCUT2D eigenvalue weighted by Crippen LogP contribution is -2.16. The molecule has 2 rings (SSSR count). The molecule has 0 fully saturated rings. The SMILES string of the molecule is COC(=O)COc1ccc(C(=O)Nc2c(C(C)C)cccc2C(C)C)cc1. The molecule has 0 unspecified atom stereocenters. The molecule has 0 atom stereocenters. The van der Waals surface area contributed by atoms with Crippen LogP contribution in [0.1, 0.15) is 61.0 Å². The number of hydrogen-bond acceptors (Lipinski definition) is 4. The predicted molar refractivity (Wildman–Crippen MR) is 107 cm³/mol. The number of ether oxygens (including phenoxy) is 2. The third-order valence-corrected chi connectivity index (χ3v) is 4.31. The fraction of sp³-hybridized carbons (Fsp3) is 0.364. The van der Waals surface area contributed by atoms with Crippen LogP contribution in [0.3, 0.4) is 0 Å². The number of nitrogens with one attached hydrogen (secondary N) is 1. The third kappa shape index (κ3) is 5.33. The molecule has 0 aliphatic rings. The van der Waals surface area contributed by atoms with Crippen molar-refractivity contribution < 1.29 is 19.1 Å². The Balaban J connectivity index is 2.19. The molecule has 0 radical (unpaired) electrons. The van der Waals surface area contributed by atoms with Gasteiger partial charge in [0.2, 0.25) is 0 Å². The molecule has 0 aromatic heterocycles. The van der Waals surface area contributed by atoms with E-state index >= 15 is 0 Å². The van der Waals surface area contributed by atoms with Gasteiger partial charge >= 0.3 is 5.97 Å². The largest absolute Gasteiger partial charge is 0.482 e. The van der Waals surface area contributed by atoms with Gasteiger partial charge in [-0.1, -0.05) is 45.9 Å². The maximum atomic E-state index is 12.8. The van der Waals surface area contributed by atoms with Crippen molar-refractivity contribution in [2.24, 2.45) is 0 Å². The van der Waals surface area contributed by atoms with Crippen LogP contribution in [0.4, 0.5) is 5.69 Å². The highest BCUT2D eigenvalue weighted by Gasteiger charge is 2.17. The first-order chi connectivity index (χ1) is 12.8. The van der Waals surface area contributed by atoms with E-state index in [1.807, 2.05) is 6.07 Å². The minimum absolute atomic E-state index is 0.165. The van der Waals surface area contributed by atoms with Gasteiger partial charge in [0.15, 0.2) is 6.61 Å². The summed E-state index contributed by atoms with van der Waals surface area (Å²) < 4.78 is 9.84. The fourth-order valence-corrected chi connectivity index (χ4v) is 2.78. The quantitative estimate of drug-likeness (QED) is 0.716. The summed E-state index contributed by atoms with van der Waals surface area (Å²) >= 11 is 0. The smallest absolute Gasteiger partial charge is 0.343 e. The average Bonchev–Trinajstić information content (AvgIpc) is 2.66. The number of amides is 1. The summed E-state index contributed by atoms with van der Waals surface area (Å²) in [5.74, 6) is 0.469. The van der Waals surface area contributed by atoms with Crippen LogP contribution < -0.4 is 10.1 Å². The van der Waals surface area contributed by atoms with Gasteiger partial charge in [-0.3, -0.25) is 4.79 Å². The second kappa shape index (κ2) is 9.21. The van der Waals surface area contributed by atoms with E-state index < -0.39 is 5.97 Å². The zero-order valence-electron chi connectivity index (χ0n) is 16.5. The van der Waals surface area contributed by atoms with Crippen LogP contribution in [0.25, 0.3) is 0 Å². The van der Waals surface area contributed by atoms with Crippen LogP contribution in [-0.2, 0) is 9.53 Å². The van der Waals surface area contributed by atoms with E-state index in [2.05, 4.69) is 49.9 Å². The highest BCUT2D eigenvalue weighted by molar-refractivity contribution is 6.05. The molecule has 0 spiro atoms. The monoisotopic (exact) mass is 369 g/mol. The normalized spacial score (nSPS) is 10.8. The summed E-state index contributed by atoms with van der Waals surface area (Å²) in [5, 5.41) is 3.08. The number of rotatable bonds is 7. The van der Waals surface area contributed by atoms with Crippen molar-refractivity contribution in [3.8, 4) is 5.75 Å². The Bertz CT molecular complexity index is 768. The van der Waals surface area contributed by atoms with Crippen molar-refractivity contribution in [2.75, 3.05) is 19.0 Å². The summed E-state index contributed by atoms with van der Waals surface area (Å²) in [6.45, 7) is 8.29. The number of esters is 1. The molecule has 0 aliphatic heterocycles. The highest BCUT2D eigenvalue weighted by atomic mass is 16.6. The molecule has 0 bridgehead atoms. The van der Waals surface area contributed by atoms with Gasteiger partial charge in [-0.2, -0.15) is 0 Å². The van der Waals surface area contributed by atoms with Crippen molar-refractivity contribution in [3.63, 3.8) is 0 Å². The molecule has 0 saturated carbocycles. The van der Waals surface area contributed by atoms with Crippen LogP contribution in [-0.4, -0.2) is 25.6 Å². The number of methoxy groups -OCH3 is 1. The molecule has 144 valence electrons. The minimum atomic E-state index is -0.455. The van der Waals surface area contributed by atoms with Crippen LogP contribution in [0.5, 0.6) is 5.75 Å². The Morgan fingerprint density at radius 1 is 0.926 bits per heavy atom. The Hall–Kier alpha value is -2.82. The molecule has 0 aliphatic carbocycles. The maximum absolute atomic E-state index is 12.8.